The number of pyridine rings is 1. The number of hydrogen-bond acceptors (Lipinski definition) is 4. The van der Waals surface area contributed by atoms with Gasteiger partial charge in [0.2, 0.25) is 0 Å². The van der Waals surface area contributed by atoms with E-state index in [-0.39, 0.29) is 5.54 Å². The van der Waals surface area contributed by atoms with E-state index in [0.717, 1.165) is 31.4 Å². The molecule has 0 aromatic carbocycles. The zero-order valence-corrected chi connectivity index (χ0v) is 12.3. The molecule has 1 fully saturated rings. The highest BCUT2D eigenvalue weighted by atomic mass is 16.7. The van der Waals surface area contributed by atoms with E-state index in [1.165, 1.54) is 0 Å². The maximum Gasteiger partial charge on any atom is 0.167 e. The third-order valence-corrected chi connectivity index (χ3v) is 4.58. The van der Waals surface area contributed by atoms with E-state index >= 15 is 0 Å². The molecule has 1 aliphatic rings. The van der Waals surface area contributed by atoms with Crippen LogP contribution in [0.5, 0.6) is 0 Å². The van der Waals surface area contributed by atoms with Gasteiger partial charge in [-0.2, -0.15) is 0 Å². The monoisotopic (exact) mass is 264 g/mol. The first kappa shape index (κ1) is 14.4. The molecule has 0 bridgehead atoms. The number of aromatic nitrogens is 1. The fraction of sp³-hybridized carbons (Fsp3) is 0.667. The summed E-state index contributed by atoms with van der Waals surface area (Å²) in [6, 6.07) is 6.14. The van der Waals surface area contributed by atoms with Crippen molar-refractivity contribution in [1.82, 2.24) is 9.88 Å². The summed E-state index contributed by atoms with van der Waals surface area (Å²) < 4.78 is 11.2. The molecule has 0 saturated heterocycles. The molecule has 2 rings (SSSR count). The molecule has 0 atom stereocenters. The number of hydrogen-bond donors (Lipinski definition) is 0. The lowest BCUT2D eigenvalue weighted by Gasteiger charge is -2.48. The van der Waals surface area contributed by atoms with E-state index in [9.17, 15) is 0 Å². The molecule has 1 aromatic heterocycles. The van der Waals surface area contributed by atoms with Crippen molar-refractivity contribution in [3.8, 4) is 0 Å². The minimum atomic E-state index is -0.422. The maximum atomic E-state index is 5.58. The lowest BCUT2D eigenvalue weighted by atomic mass is 9.75. The quantitative estimate of drug-likeness (QED) is 0.782. The van der Waals surface area contributed by atoms with Crippen molar-refractivity contribution >= 4 is 0 Å². The summed E-state index contributed by atoms with van der Waals surface area (Å²) in [7, 11) is 7.71. The summed E-state index contributed by atoms with van der Waals surface area (Å²) in [5.74, 6) is -0.422. The molecule has 19 heavy (non-hydrogen) atoms. The van der Waals surface area contributed by atoms with Crippen molar-refractivity contribution in [3.05, 3.63) is 30.1 Å². The Balaban J connectivity index is 2.26. The van der Waals surface area contributed by atoms with E-state index in [4.69, 9.17) is 9.47 Å². The first-order valence-electron chi connectivity index (χ1n) is 6.78. The second-order valence-corrected chi connectivity index (χ2v) is 5.46. The molecule has 4 heteroatoms. The Morgan fingerprint density at radius 1 is 1.05 bits per heavy atom. The summed E-state index contributed by atoms with van der Waals surface area (Å²) in [5, 5.41) is 0. The summed E-state index contributed by atoms with van der Waals surface area (Å²) in [4.78, 5) is 6.85. The van der Waals surface area contributed by atoms with Crippen LogP contribution in [-0.4, -0.2) is 44.0 Å². The van der Waals surface area contributed by atoms with Crippen molar-refractivity contribution in [3.63, 3.8) is 0 Å². The normalized spacial score (nSPS) is 21.5. The second kappa shape index (κ2) is 5.57. The summed E-state index contributed by atoms with van der Waals surface area (Å²) >= 11 is 0. The standard InChI is InChI=1S/C15H24N2O2/c1-17(2)14(13-7-5-6-12-16-13)8-10-15(18-3,19-4)11-9-14/h5-7,12H,8-11H2,1-4H3. The molecule has 0 aliphatic heterocycles. The molecule has 1 aromatic rings. The molecule has 0 radical (unpaired) electrons. The van der Waals surface area contributed by atoms with Crippen molar-refractivity contribution in [2.45, 2.75) is 37.0 Å². The van der Waals surface area contributed by atoms with Gasteiger partial charge in [0, 0.05) is 33.3 Å². The maximum absolute atomic E-state index is 5.58. The third-order valence-electron chi connectivity index (χ3n) is 4.58. The Bertz CT molecular complexity index is 392. The van der Waals surface area contributed by atoms with E-state index < -0.39 is 5.79 Å². The Morgan fingerprint density at radius 3 is 2.11 bits per heavy atom. The zero-order chi connectivity index (χ0) is 13.9. The molecule has 4 nitrogen and oxygen atoms in total. The van der Waals surface area contributed by atoms with E-state index in [1.54, 1.807) is 14.2 Å². The average Bonchev–Trinajstić information content (AvgIpc) is 2.48. The molecule has 1 aliphatic carbocycles. The van der Waals surface area contributed by atoms with Gasteiger partial charge >= 0.3 is 0 Å². The minimum Gasteiger partial charge on any atom is -0.353 e. The van der Waals surface area contributed by atoms with Gasteiger partial charge < -0.3 is 9.47 Å². The van der Waals surface area contributed by atoms with Gasteiger partial charge in [0.15, 0.2) is 5.79 Å². The van der Waals surface area contributed by atoms with E-state index in [1.807, 2.05) is 12.3 Å². The predicted octanol–water partition coefficient (Wildman–Crippen LogP) is 2.40. The zero-order valence-electron chi connectivity index (χ0n) is 12.3. The van der Waals surface area contributed by atoms with Gasteiger partial charge in [0.25, 0.3) is 0 Å². The Hall–Kier alpha value is -0.970. The summed E-state index contributed by atoms with van der Waals surface area (Å²) in [6.07, 6.45) is 5.61. The predicted molar refractivity (Wildman–Crippen MR) is 74.8 cm³/mol. The van der Waals surface area contributed by atoms with Crippen molar-refractivity contribution in [2.24, 2.45) is 0 Å². The molecule has 0 spiro atoms. The van der Waals surface area contributed by atoms with Crippen LogP contribution >= 0.6 is 0 Å². The van der Waals surface area contributed by atoms with Crippen molar-refractivity contribution in [2.75, 3.05) is 28.3 Å². The number of ether oxygens (including phenoxy) is 2. The highest BCUT2D eigenvalue weighted by Gasteiger charge is 2.46. The van der Waals surface area contributed by atoms with Crippen molar-refractivity contribution in [1.29, 1.82) is 0 Å². The van der Waals surface area contributed by atoms with Crippen LogP contribution in [0.15, 0.2) is 24.4 Å². The molecule has 1 heterocycles. The summed E-state index contributed by atoms with van der Waals surface area (Å²) in [5.41, 5.74) is 1.13. The SMILES string of the molecule is COC1(OC)CCC(c2ccccn2)(N(C)C)CC1. The number of methoxy groups -OCH3 is 2. The Morgan fingerprint density at radius 2 is 1.68 bits per heavy atom. The van der Waals surface area contributed by atoms with Crippen LogP contribution in [0, 0.1) is 0 Å². The van der Waals surface area contributed by atoms with Crippen LogP contribution in [0.25, 0.3) is 0 Å². The Kier molecular flexibility index (Phi) is 4.23. The molecular formula is C15H24N2O2. The topological polar surface area (TPSA) is 34.6 Å². The molecule has 0 amide bonds. The molecule has 1 saturated carbocycles. The van der Waals surface area contributed by atoms with Gasteiger partial charge in [-0.25, -0.2) is 0 Å². The van der Waals surface area contributed by atoms with Crippen LogP contribution in [0.1, 0.15) is 31.4 Å². The largest absolute Gasteiger partial charge is 0.353 e. The second-order valence-electron chi connectivity index (χ2n) is 5.46. The van der Waals surface area contributed by atoms with Crippen LogP contribution in [0.2, 0.25) is 0 Å². The van der Waals surface area contributed by atoms with Gasteiger partial charge in [0.05, 0.1) is 11.2 Å². The minimum absolute atomic E-state index is 0.0121. The lowest BCUT2D eigenvalue weighted by molar-refractivity contribution is -0.235. The molecule has 0 N–H and O–H groups in total. The lowest BCUT2D eigenvalue weighted by Crippen LogP contribution is -2.50. The van der Waals surface area contributed by atoms with E-state index in [0.29, 0.717) is 0 Å². The first-order valence-corrected chi connectivity index (χ1v) is 6.78. The van der Waals surface area contributed by atoms with E-state index in [2.05, 4.69) is 36.1 Å². The van der Waals surface area contributed by atoms with Gasteiger partial charge in [0.1, 0.15) is 0 Å². The van der Waals surface area contributed by atoms with Crippen molar-refractivity contribution < 1.29 is 9.47 Å². The molecule has 106 valence electrons. The van der Waals surface area contributed by atoms with Gasteiger partial charge in [-0.15, -0.1) is 0 Å². The number of nitrogens with zero attached hydrogens (tertiary/aromatic N) is 2. The first-order chi connectivity index (χ1) is 9.08. The van der Waals surface area contributed by atoms with Gasteiger partial charge in [-0.05, 0) is 39.1 Å². The van der Waals surface area contributed by atoms with Gasteiger partial charge in [-0.3, -0.25) is 9.88 Å². The van der Waals surface area contributed by atoms with Gasteiger partial charge in [-0.1, -0.05) is 6.07 Å². The van der Waals surface area contributed by atoms with Crippen LogP contribution < -0.4 is 0 Å². The highest BCUT2D eigenvalue weighted by Crippen LogP contribution is 2.45. The van der Waals surface area contributed by atoms with Crippen LogP contribution in [-0.2, 0) is 15.0 Å². The van der Waals surface area contributed by atoms with Crippen LogP contribution in [0.4, 0.5) is 0 Å². The fourth-order valence-electron chi connectivity index (χ4n) is 3.11. The highest BCUT2D eigenvalue weighted by molar-refractivity contribution is 5.17. The number of rotatable bonds is 4. The Labute approximate surface area is 115 Å². The third kappa shape index (κ3) is 2.53. The molecular weight excluding hydrogens is 240 g/mol. The van der Waals surface area contributed by atoms with Crippen LogP contribution in [0.3, 0.4) is 0 Å². The fourth-order valence-corrected chi connectivity index (χ4v) is 3.11. The molecule has 0 unspecified atom stereocenters. The summed E-state index contributed by atoms with van der Waals surface area (Å²) in [6.45, 7) is 0. The smallest absolute Gasteiger partial charge is 0.167 e. The average molecular weight is 264 g/mol.